The molecule has 0 radical (unpaired) electrons. The van der Waals surface area contributed by atoms with Gasteiger partial charge in [0.15, 0.2) is 0 Å². The molecule has 1 aromatic carbocycles. The normalized spacial score (nSPS) is 33.1. The van der Waals surface area contributed by atoms with E-state index in [-0.39, 0.29) is 5.41 Å². The highest BCUT2D eigenvalue weighted by molar-refractivity contribution is 5.84. The van der Waals surface area contributed by atoms with Gasteiger partial charge in [-0.3, -0.25) is 4.79 Å². The number of nitrogens with zero attached hydrogens (tertiary/aromatic N) is 1. The van der Waals surface area contributed by atoms with Crippen molar-refractivity contribution in [1.82, 2.24) is 9.88 Å². The Labute approximate surface area is 149 Å². The summed E-state index contributed by atoms with van der Waals surface area (Å²) >= 11 is 0. The number of carbonyl (C=O) groups excluding carboxylic acids is 1. The van der Waals surface area contributed by atoms with E-state index in [0.717, 1.165) is 37.0 Å². The van der Waals surface area contributed by atoms with Gasteiger partial charge in [-0.1, -0.05) is 6.07 Å². The second-order valence-electron chi connectivity index (χ2n) is 9.12. The number of aryl methyl sites for hydroxylation is 2. The maximum atomic E-state index is 13.1. The Bertz CT molecular complexity index is 812. The number of hydrogen-bond acceptors (Lipinski definition) is 1. The fourth-order valence-corrected chi connectivity index (χ4v) is 6.41. The molecule has 1 N–H and O–H groups in total. The highest BCUT2D eigenvalue weighted by Gasteiger charge is 2.54. The van der Waals surface area contributed by atoms with E-state index in [0.29, 0.717) is 12.5 Å². The number of rotatable bonds is 3. The lowest BCUT2D eigenvalue weighted by atomic mass is 9.49. The molecule has 1 amide bonds. The van der Waals surface area contributed by atoms with Crippen LogP contribution in [0.3, 0.4) is 0 Å². The van der Waals surface area contributed by atoms with E-state index in [2.05, 4.69) is 48.1 Å². The van der Waals surface area contributed by atoms with Gasteiger partial charge in [0.2, 0.25) is 5.91 Å². The van der Waals surface area contributed by atoms with E-state index in [9.17, 15) is 4.79 Å². The van der Waals surface area contributed by atoms with Gasteiger partial charge in [0, 0.05) is 35.6 Å². The van der Waals surface area contributed by atoms with Crippen LogP contribution >= 0.6 is 0 Å². The lowest BCUT2D eigenvalue weighted by Crippen LogP contribution is -2.53. The highest BCUT2D eigenvalue weighted by Crippen LogP contribution is 2.60. The zero-order chi connectivity index (χ0) is 17.2. The van der Waals surface area contributed by atoms with Crippen molar-refractivity contribution in [2.24, 2.45) is 30.2 Å². The van der Waals surface area contributed by atoms with Crippen molar-refractivity contribution in [3.8, 4) is 0 Å². The van der Waals surface area contributed by atoms with E-state index in [1.165, 1.54) is 41.4 Å². The van der Waals surface area contributed by atoms with E-state index < -0.39 is 0 Å². The molecule has 0 saturated heterocycles. The number of benzene rings is 1. The average molecular weight is 336 g/mol. The monoisotopic (exact) mass is 336 g/mol. The zero-order valence-corrected chi connectivity index (χ0v) is 15.3. The second-order valence-corrected chi connectivity index (χ2v) is 9.12. The maximum absolute atomic E-state index is 13.1. The van der Waals surface area contributed by atoms with Gasteiger partial charge >= 0.3 is 0 Å². The molecule has 1 heterocycles. The van der Waals surface area contributed by atoms with Gasteiger partial charge in [0.05, 0.1) is 0 Å². The summed E-state index contributed by atoms with van der Waals surface area (Å²) in [7, 11) is 2.10. The minimum atomic E-state index is -0.0395. The summed E-state index contributed by atoms with van der Waals surface area (Å²) in [6, 6.07) is 8.78. The van der Waals surface area contributed by atoms with Gasteiger partial charge in [-0.05, 0) is 87.0 Å². The van der Waals surface area contributed by atoms with Crippen LogP contribution in [0, 0.1) is 30.1 Å². The van der Waals surface area contributed by atoms with Crippen molar-refractivity contribution in [2.75, 3.05) is 0 Å². The molecule has 4 aliphatic carbocycles. The fourth-order valence-electron chi connectivity index (χ4n) is 6.41. The first-order chi connectivity index (χ1) is 12.0. The number of aromatic nitrogens is 1. The molecule has 132 valence electrons. The summed E-state index contributed by atoms with van der Waals surface area (Å²) in [4.78, 5) is 13.1. The third-order valence-electron chi connectivity index (χ3n) is 7.32. The van der Waals surface area contributed by atoms with Crippen LogP contribution in [-0.2, 0) is 18.4 Å². The van der Waals surface area contributed by atoms with Crippen LogP contribution in [0.25, 0.3) is 10.9 Å². The van der Waals surface area contributed by atoms with Crippen LogP contribution in [-0.4, -0.2) is 10.5 Å². The van der Waals surface area contributed by atoms with Crippen LogP contribution in [0.5, 0.6) is 0 Å². The second kappa shape index (κ2) is 5.36. The summed E-state index contributed by atoms with van der Waals surface area (Å²) in [6.07, 6.45) is 7.58. The Kier molecular flexibility index (Phi) is 3.32. The number of nitrogens with one attached hydrogen (secondary N) is 1. The van der Waals surface area contributed by atoms with Crippen molar-refractivity contribution in [3.63, 3.8) is 0 Å². The molecule has 4 fully saturated rings. The number of carbonyl (C=O) groups is 1. The fraction of sp³-hybridized carbons (Fsp3) is 0.591. The molecule has 0 atom stereocenters. The standard InChI is InChI=1S/C22H28N2O/c1-14-5-19-9-15(3-4-20(19)24(14)2)13-23-21(25)22-10-16-6-17(11-22)8-18(7-16)12-22/h3-5,9,16-18H,6-8,10-13H2,1-2H3,(H,23,25). The molecule has 6 rings (SSSR count). The summed E-state index contributed by atoms with van der Waals surface area (Å²) in [5, 5.41) is 4.56. The molecule has 1 aromatic heterocycles. The molecule has 25 heavy (non-hydrogen) atoms. The third-order valence-corrected chi connectivity index (χ3v) is 7.32. The Morgan fingerprint density at radius 2 is 1.76 bits per heavy atom. The molecule has 4 bridgehead atoms. The predicted molar refractivity (Wildman–Crippen MR) is 100 cm³/mol. The van der Waals surface area contributed by atoms with Crippen molar-refractivity contribution >= 4 is 16.8 Å². The van der Waals surface area contributed by atoms with E-state index in [1.54, 1.807) is 0 Å². The number of fused-ring (bicyclic) bond motifs is 1. The van der Waals surface area contributed by atoms with Gasteiger partial charge in [-0.25, -0.2) is 0 Å². The summed E-state index contributed by atoms with van der Waals surface area (Å²) in [6.45, 7) is 2.79. The van der Waals surface area contributed by atoms with Crippen LogP contribution in [0.15, 0.2) is 24.3 Å². The molecule has 0 spiro atoms. The van der Waals surface area contributed by atoms with Crippen molar-refractivity contribution in [2.45, 2.75) is 52.0 Å². The Morgan fingerprint density at radius 3 is 2.40 bits per heavy atom. The topological polar surface area (TPSA) is 34.0 Å². The van der Waals surface area contributed by atoms with Crippen molar-refractivity contribution in [1.29, 1.82) is 0 Å². The summed E-state index contributed by atoms with van der Waals surface area (Å²) < 4.78 is 2.22. The first-order valence-electron chi connectivity index (χ1n) is 9.86. The van der Waals surface area contributed by atoms with Crippen LogP contribution < -0.4 is 5.32 Å². The minimum Gasteiger partial charge on any atom is -0.352 e. The van der Waals surface area contributed by atoms with Crippen LogP contribution in [0.1, 0.15) is 49.8 Å². The van der Waals surface area contributed by atoms with E-state index in [1.807, 2.05) is 0 Å². The smallest absolute Gasteiger partial charge is 0.226 e. The van der Waals surface area contributed by atoms with Gasteiger partial charge in [0.1, 0.15) is 0 Å². The molecule has 4 aliphatic rings. The lowest BCUT2D eigenvalue weighted by molar-refractivity contribution is -0.146. The molecule has 3 heteroatoms. The van der Waals surface area contributed by atoms with Crippen LogP contribution in [0.4, 0.5) is 0 Å². The van der Waals surface area contributed by atoms with Crippen LogP contribution in [0.2, 0.25) is 0 Å². The molecule has 2 aromatic rings. The maximum Gasteiger partial charge on any atom is 0.226 e. The van der Waals surface area contributed by atoms with Gasteiger partial charge in [-0.15, -0.1) is 0 Å². The molecular weight excluding hydrogens is 308 g/mol. The van der Waals surface area contributed by atoms with Gasteiger partial charge in [-0.2, -0.15) is 0 Å². The largest absolute Gasteiger partial charge is 0.352 e. The molecule has 0 unspecified atom stereocenters. The van der Waals surface area contributed by atoms with E-state index in [4.69, 9.17) is 0 Å². The summed E-state index contributed by atoms with van der Waals surface area (Å²) in [5.41, 5.74) is 3.69. The van der Waals surface area contributed by atoms with Crippen molar-refractivity contribution in [3.05, 3.63) is 35.5 Å². The Balaban J connectivity index is 1.32. The molecular formula is C22H28N2O. The quantitative estimate of drug-likeness (QED) is 0.890. The first kappa shape index (κ1) is 15.5. The third kappa shape index (κ3) is 2.43. The minimum absolute atomic E-state index is 0.0395. The highest BCUT2D eigenvalue weighted by atomic mass is 16.2. The number of hydrogen-bond donors (Lipinski definition) is 1. The SMILES string of the molecule is Cc1cc2cc(CNC(=O)C34CC5CC(CC(C5)C3)C4)ccc2n1C. The van der Waals surface area contributed by atoms with Gasteiger partial charge in [0.25, 0.3) is 0 Å². The Morgan fingerprint density at radius 1 is 1.12 bits per heavy atom. The molecule has 0 aliphatic heterocycles. The van der Waals surface area contributed by atoms with Gasteiger partial charge < -0.3 is 9.88 Å². The first-order valence-corrected chi connectivity index (χ1v) is 9.86. The predicted octanol–water partition coefficient (Wildman–Crippen LogP) is 4.32. The molecule has 4 saturated carbocycles. The zero-order valence-electron chi connectivity index (χ0n) is 15.3. The average Bonchev–Trinajstić information content (AvgIpc) is 2.85. The molecule has 3 nitrogen and oxygen atoms in total. The van der Waals surface area contributed by atoms with Crippen molar-refractivity contribution < 1.29 is 4.79 Å². The summed E-state index contributed by atoms with van der Waals surface area (Å²) in [5.74, 6) is 2.79. The van der Waals surface area contributed by atoms with E-state index >= 15 is 0 Å². The number of amides is 1. The Hall–Kier alpha value is -1.77. The lowest BCUT2D eigenvalue weighted by Gasteiger charge is -2.55.